The van der Waals surface area contributed by atoms with Gasteiger partial charge in [-0.1, -0.05) is 0 Å². The fourth-order valence-electron chi connectivity index (χ4n) is 1.94. The van der Waals surface area contributed by atoms with E-state index < -0.39 is 0 Å². The van der Waals surface area contributed by atoms with Crippen LogP contribution in [-0.4, -0.2) is 32.5 Å². The molecule has 18 heavy (non-hydrogen) atoms. The van der Waals surface area contributed by atoms with Crippen LogP contribution in [0.5, 0.6) is 11.5 Å². The largest absolute Gasteiger partial charge is 0.497 e. The van der Waals surface area contributed by atoms with Gasteiger partial charge in [0.2, 0.25) is 5.91 Å². The second-order valence-corrected chi connectivity index (χ2v) is 4.08. The maximum absolute atomic E-state index is 11.8. The number of piperidine rings is 1. The Morgan fingerprint density at radius 2 is 1.67 bits per heavy atom. The number of carbonyl (C=O) groups is 2. The molecule has 2 rings (SSSR count). The molecule has 0 aromatic heterocycles. The Hall–Kier alpha value is -2.04. The monoisotopic (exact) mass is 249 g/mol. The molecule has 96 valence electrons. The quantitative estimate of drug-likeness (QED) is 0.760. The van der Waals surface area contributed by atoms with Crippen LogP contribution in [0.3, 0.4) is 0 Å². The molecule has 0 saturated carbocycles. The van der Waals surface area contributed by atoms with Gasteiger partial charge in [0.05, 0.1) is 26.3 Å². The minimum absolute atomic E-state index is 0.00823. The van der Waals surface area contributed by atoms with Gasteiger partial charge in [-0.25, -0.2) is 0 Å². The predicted molar refractivity (Wildman–Crippen MR) is 66.1 cm³/mol. The third-order valence-electron chi connectivity index (χ3n) is 2.91. The van der Waals surface area contributed by atoms with Crippen LogP contribution in [0, 0.1) is 0 Å². The number of amides is 1. The highest BCUT2D eigenvalue weighted by Gasteiger charge is 2.25. The topological polar surface area (TPSA) is 55.8 Å². The number of carbonyl (C=O) groups excluding carboxylic acids is 2. The second-order valence-electron chi connectivity index (χ2n) is 4.08. The first-order valence-electron chi connectivity index (χ1n) is 5.69. The fraction of sp³-hybridized carbons (Fsp3) is 0.385. The SMILES string of the molecule is COc1cc(OC)cc(N2CCC(=O)CC2=O)c1. The van der Waals surface area contributed by atoms with E-state index in [9.17, 15) is 9.59 Å². The van der Waals surface area contributed by atoms with Gasteiger partial charge in [-0.2, -0.15) is 0 Å². The first kappa shape index (κ1) is 12.4. The number of hydrogen-bond donors (Lipinski definition) is 0. The van der Waals surface area contributed by atoms with E-state index in [0.717, 1.165) is 0 Å². The van der Waals surface area contributed by atoms with Gasteiger partial charge in [0.15, 0.2) is 0 Å². The molecule has 0 aliphatic carbocycles. The van der Waals surface area contributed by atoms with Crippen molar-refractivity contribution in [2.75, 3.05) is 25.7 Å². The van der Waals surface area contributed by atoms with Crippen LogP contribution in [0.1, 0.15) is 12.8 Å². The molecule has 0 unspecified atom stereocenters. The molecular weight excluding hydrogens is 234 g/mol. The predicted octanol–water partition coefficient (Wildman–Crippen LogP) is 1.40. The molecule has 1 heterocycles. The molecule has 0 atom stereocenters. The summed E-state index contributed by atoms with van der Waals surface area (Å²) >= 11 is 0. The summed E-state index contributed by atoms with van der Waals surface area (Å²) in [5.74, 6) is 1.05. The maximum Gasteiger partial charge on any atom is 0.234 e. The normalized spacial score (nSPS) is 15.8. The maximum atomic E-state index is 11.8. The molecular formula is C13H15NO4. The third-order valence-corrected chi connectivity index (χ3v) is 2.91. The lowest BCUT2D eigenvalue weighted by Gasteiger charge is -2.26. The minimum atomic E-state index is -0.179. The summed E-state index contributed by atoms with van der Waals surface area (Å²) in [6.45, 7) is 0.411. The zero-order valence-corrected chi connectivity index (χ0v) is 10.4. The molecule has 1 fully saturated rings. The Balaban J connectivity index is 2.32. The number of ketones is 1. The first-order valence-corrected chi connectivity index (χ1v) is 5.69. The molecule has 0 N–H and O–H groups in total. The first-order chi connectivity index (χ1) is 8.63. The number of rotatable bonds is 3. The van der Waals surface area contributed by atoms with Crippen LogP contribution in [0.4, 0.5) is 5.69 Å². The summed E-state index contributed by atoms with van der Waals surface area (Å²) in [6, 6.07) is 5.26. The highest BCUT2D eigenvalue weighted by molar-refractivity contribution is 6.08. The minimum Gasteiger partial charge on any atom is -0.497 e. The molecule has 0 bridgehead atoms. The molecule has 5 heteroatoms. The Morgan fingerprint density at radius 3 is 2.17 bits per heavy atom. The molecule has 1 amide bonds. The Bertz CT molecular complexity index is 462. The zero-order valence-electron chi connectivity index (χ0n) is 10.4. The van der Waals surface area contributed by atoms with Gasteiger partial charge < -0.3 is 14.4 Å². The number of methoxy groups -OCH3 is 2. The fourth-order valence-corrected chi connectivity index (χ4v) is 1.94. The van der Waals surface area contributed by atoms with E-state index in [4.69, 9.17) is 9.47 Å². The van der Waals surface area contributed by atoms with Gasteiger partial charge in [0, 0.05) is 31.2 Å². The standard InChI is InChI=1S/C13H15NO4/c1-17-11-5-9(6-12(8-11)18-2)14-4-3-10(15)7-13(14)16/h5-6,8H,3-4,7H2,1-2H3. The van der Waals surface area contributed by atoms with Crippen molar-refractivity contribution in [3.63, 3.8) is 0 Å². The van der Waals surface area contributed by atoms with E-state index in [1.165, 1.54) is 0 Å². The van der Waals surface area contributed by atoms with E-state index in [2.05, 4.69) is 0 Å². The summed E-state index contributed by atoms with van der Waals surface area (Å²) in [7, 11) is 3.11. The van der Waals surface area contributed by atoms with Crippen molar-refractivity contribution in [2.24, 2.45) is 0 Å². The van der Waals surface area contributed by atoms with Crippen LogP contribution in [0.25, 0.3) is 0 Å². The van der Waals surface area contributed by atoms with Gasteiger partial charge in [0.1, 0.15) is 17.3 Å². The third kappa shape index (κ3) is 2.45. The van der Waals surface area contributed by atoms with Crippen LogP contribution >= 0.6 is 0 Å². The smallest absolute Gasteiger partial charge is 0.234 e. The lowest BCUT2D eigenvalue weighted by molar-refractivity contribution is -0.128. The van der Waals surface area contributed by atoms with Gasteiger partial charge in [-0.15, -0.1) is 0 Å². The molecule has 1 aromatic rings. The number of Topliss-reactive ketones (excluding diaryl/α,β-unsaturated/α-hetero) is 1. The van der Waals surface area contributed by atoms with Crippen molar-refractivity contribution in [3.8, 4) is 11.5 Å². The van der Waals surface area contributed by atoms with Crippen LogP contribution in [0.2, 0.25) is 0 Å². The van der Waals surface area contributed by atoms with Crippen LogP contribution in [0.15, 0.2) is 18.2 Å². The Labute approximate surface area is 105 Å². The lowest BCUT2D eigenvalue weighted by atomic mass is 10.1. The molecule has 5 nitrogen and oxygen atoms in total. The number of benzene rings is 1. The summed E-state index contributed by atoms with van der Waals surface area (Å²) in [5, 5.41) is 0. The van der Waals surface area contributed by atoms with E-state index in [1.54, 1.807) is 37.3 Å². The van der Waals surface area contributed by atoms with Crippen molar-refractivity contribution in [3.05, 3.63) is 18.2 Å². The summed E-state index contributed by atoms with van der Waals surface area (Å²) in [6.07, 6.45) is 0.366. The molecule has 1 aromatic carbocycles. The van der Waals surface area contributed by atoms with Crippen LogP contribution in [-0.2, 0) is 9.59 Å². The van der Waals surface area contributed by atoms with Crippen molar-refractivity contribution in [1.29, 1.82) is 0 Å². The van der Waals surface area contributed by atoms with E-state index in [1.807, 2.05) is 0 Å². The van der Waals surface area contributed by atoms with Gasteiger partial charge in [0.25, 0.3) is 0 Å². The summed E-state index contributed by atoms with van der Waals surface area (Å²) in [4.78, 5) is 24.6. The van der Waals surface area contributed by atoms with E-state index >= 15 is 0 Å². The lowest BCUT2D eigenvalue weighted by Crippen LogP contribution is -2.39. The summed E-state index contributed by atoms with van der Waals surface area (Å²) in [5.41, 5.74) is 0.698. The number of anilines is 1. The van der Waals surface area contributed by atoms with Crippen molar-refractivity contribution in [2.45, 2.75) is 12.8 Å². The van der Waals surface area contributed by atoms with Crippen molar-refractivity contribution >= 4 is 17.4 Å². The molecule has 0 spiro atoms. The molecule has 1 aliphatic rings. The average molecular weight is 249 g/mol. The van der Waals surface area contributed by atoms with Gasteiger partial charge in [-0.05, 0) is 0 Å². The highest BCUT2D eigenvalue weighted by atomic mass is 16.5. The number of nitrogens with zero attached hydrogens (tertiary/aromatic N) is 1. The van der Waals surface area contributed by atoms with E-state index in [0.29, 0.717) is 30.2 Å². The number of ether oxygens (including phenoxy) is 2. The van der Waals surface area contributed by atoms with E-state index in [-0.39, 0.29) is 18.1 Å². The molecule has 0 radical (unpaired) electrons. The second kappa shape index (κ2) is 5.08. The highest BCUT2D eigenvalue weighted by Crippen LogP contribution is 2.29. The van der Waals surface area contributed by atoms with Gasteiger partial charge in [-0.3, -0.25) is 9.59 Å². The summed E-state index contributed by atoms with van der Waals surface area (Å²) < 4.78 is 10.3. The Kier molecular flexibility index (Phi) is 3.50. The van der Waals surface area contributed by atoms with Crippen molar-refractivity contribution < 1.29 is 19.1 Å². The average Bonchev–Trinajstić information content (AvgIpc) is 2.38. The Morgan fingerprint density at radius 1 is 1.06 bits per heavy atom. The zero-order chi connectivity index (χ0) is 13.1. The molecule has 1 saturated heterocycles. The molecule has 1 aliphatic heterocycles. The number of hydrogen-bond acceptors (Lipinski definition) is 4. The van der Waals surface area contributed by atoms with Crippen LogP contribution < -0.4 is 14.4 Å². The van der Waals surface area contributed by atoms with Gasteiger partial charge >= 0.3 is 0 Å². The van der Waals surface area contributed by atoms with Crippen molar-refractivity contribution in [1.82, 2.24) is 0 Å².